The molecule has 0 bridgehead atoms. The molecular weight excluding hydrogens is 290 g/mol. The van der Waals surface area contributed by atoms with E-state index < -0.39 is 10.0 Å². The van der Waals surface area contributed by atoms with Gasteiger partial charge in [-0.1, -0.05) is 0 Å². The minimum atomic E-state index is -3.55. The van der Waals surface area contributed by atoms with Crippen molar-refractivity contribution in [3.05, 3.63) is 18.0 Å². The quantitative estimate of drug-likeness (QED) is 0.830. The zero-order valence-corrected chi connectivity index (χ0v) is 13.7. The molecule has 1 fully saturated rings. The molecule has 0 aromatic carbocycles. The standard InChI is InChI=1S/C14H25N3O3S/c1-10(2)17-9-13(7-12(17)8-15)21(18,19)16-11(3)14-5-4-6-20-14/h7,9-11,14,16H,4-6,8,15H2,1-3H3. The van der Waals surface area contributed by atoms with E-state index in [1.807, 2.05) is 25.3 Å². The van der Waals surface area contributed by atoms with E-state index >= 15 is 0 Å². The minimum absolute atomic E-state index is 0.0408. The van der Waals surface area contributed by atoms with Crippen molar-refractivity contribution in [1.82, 2.24) is 9.29 Å². The van der Waals surface area contributed by atoms with Crippen molar-refractivity contribution in [2.75, 3.05) is 6.61 Å². The van der Waals surface area contributed by atoms with Crippen molar-refractivity contribution in [3.8, 4) is 0 Å². The number of nitrogens with zero attached hydrogens (tertiary/aromatic N) is 1. The number of hydrogen-bond acceptors (Lipinski definition) is 4. The van der Waals surface area contributed by atoms with E-state index in [0.717, 1.165) is 18.5 Å². The molecule has 0 radical (unpaired) electrons. The molecule has 2 unspecified atom stereocenters. The third kappa shape index (κ3) is 3.66. The molecule has 1 aliphatic rings. The molecule has 7 heteroatoms. The second kappa shape index (κ2) is 6.48. The normalized spacial score (nSPS) is 21.1. The van der Waals surface area contributed by atoms with Crippen LogP contribution >= 0.6 is 0 Å². The molecule has 0 saturated carbocycles. The molecule has 1 aromatic heterocycles. The Bertz CT molecular complexity index is 574. The summed E-state index contributed by atoms with van der Waals surface area (Å²) < 4.78 is 35.1. The van der Waals surface area contributed by atoms with Crippen molar-refractivity contribution < 1.29 is 13.2 Å². The Morgan fingerprint density at radius 3 is 2.67 bits per heavy atom. The molecule has 2 rings (SSSR count). The lowest BCUT2D eigenvalue weighted by Crippen LogP contribution is -2.40. The van der Waals surface area contributed by atoms with Gasteiger partial charge in [0, 0.05) is 37.1 Å². The van der Waals surface area contributed by atoms with Crippen LogP contribution in [0.4, 0.5) is 0 Å². The molecule has 0 aliphatic carbocycles. The van der Waals surface area contributed by atoms with Gasteiger partial charge in [-0.3, -0.25) is 0 Å². The Kier molecular flexibility index (Phi) is 5.08. The lowest BCUT2D eigenvalue weighted by Gasteiger charge is -2.19. The Hall–Kier alpha value is -0.890. The summed E-state index contributed by atoms with van der Waals surface area (Å²) in [4.78, 5) is 0.265. The van der Waals surface area contributed by atoms with Crippen LogP contribution in [0.1, 0.15) is 45.3 Å². The van der Waals surface area contributed by atoms with Crippen molar-refractivity contribution in [3.63, 3.8) is 0 Å². The van der Waals surface area contributed by atoms with Crippen LogP contribution in [0, 0.1) is 0 Å². The maximum Gasteiger partial charge on any atom is 0.242 e. The number of rotatable bonds is 6. The zero-order valence-electron chi connectivity index (χ0n) is 12.9. The first-order chi connectivity index (χ1) is 9.85. The predicted octanol–water partition coefficient (Wildman–Crippen LogP) is 1.37. The van der Waals surface area contributed by atoms with Crippen molar-refractivity contribution >= 4 is 10.0 Å². The first-order valence-electron chi connectivity index (χ1n) is 7.40. The fourth-order valence-electron chi connectivity index (χ4n) is 2.67. The van der Waals surface area contributed by atoms with Crippen LogP contribution < -0.4 is 10.5 Å². The van der Waals surface area contributed by atoms with Crippen molar-refractivity contribution in [2.45, 2.75) is 63.2 Å². The summed E-state index contributed by atoms with van der Waals surface area (Å²) in [5, 5.41) is 0. The number of aromatic nitrogens is 1. The molecule has 120 valence electrons. The van der Waals surface area contributed by atoms with Gasteiger partial charge in [0.05, 0.1) is 11.0 Å². The number of nitrogens with one attached hydrogen (secondary N) is 1. The second-order valence-electron chi connectivity index (χ2n) is 5.83. The summed E-state index contributed by atoms with van der Waals surface area (Å²) in [7, 11) is -3.55. The van der Waals surface area contributed by atoms with Crippen LogP contribution in [-0.2, 0) is 21.3 Å². The van der Waals surface area contributed by atoms with E-state index in [1.54, 1.807) is 12.3 Å². The van der Waals surface area contributed by atoms with Gasteiger partial charge >= 0.3 is 0 Å². The molecule has 0 spiro atoms. The maximum atomic E-state index is 12.5. The lowest BCUT2D eigenvalue weighted by atomic mass is 10.1. The Balaban J connectivity index is 2.19. The first kappa shape index (κ1) is 16.5. The summed E-state index contributed by atoms with van der Waals surface area (Å²) in [5.41, 5.74) is 6.50. The van der Waals surface area contributed by atoms with E-state index in [9.17, 15) is 8.42 Å². The van der Waals surface area contributed by atoms with Gasteiger partial charge < -0.3 is 15.0 Å². The van der Waals surface area contributed by atoms with Crippen LogP contribution in [0.5, 0.6) is 0 Å². The van der Waals surface area contributed by atoms with Crippen LogP contribution in [-0.4, -0.2) is 31.7 Å². The van der Waals surface area contributed by atoms with Crippen LogP contribution in [0.15, 0.2) is 17.2 Å². The number of ether oxygens (including phenoxy) is 1. The van der Waals surface area contributed by atoms with Gasteiger partial charge in [0.25, 0.3) is 0 Å². The fourth-order valence-corrected chi connectivity index (χ4v) is 3.99. The van der Waals surface area contributed by atoms with Gasteiger partial charge in [-0.25, -0.2) is 13.1 Å². The molecule has 1 aliphatic heterocycles. The monoisotopic (exact) mass is 315 g/mol. The molecule has 1 saturated heterocycles. The number of nitrogens with two attached hydrogens (primary N) is 1. The third-order valence-electron chi connectivity index (χ3n) is 3.85. The van der Waals surface area contributed by atoms with Crippen LogP contribution in [0.3, 0.4) is 0 Å². The molecular formula is C14H25N3O3S. The Morgan fingerprint density at radius 2 is 2.19 bits per heavy atom. The maximum absolute atomic E-state index is 12.5. The third-order valence-corrected chi connectivity index (χ3v) is 5.37. The van der Waals surface area contributed by atoms with Gasteiger partial charge in [-0.15, -0.1) is 0 Å². The number of hydrogen-bond donors (Lipinski definition) is 2. The average Bonchev–Trinajstić information content (AvgIpc) is 3.07. The Labute approximate surface area is 126 Å². The summed E-state index contributed by atoms with van der Waals surface area (Å²) >= 11 is 0. The highest BCUT2D eigenvalue weighted by Crippen LogP contribution is 2.21. The Morgan fingerprint density at radius 1 is 1.48 bits per heavy atom. The summed E-state index contributed by atoms with van der Waals surface area (Å²) in [6.07, 6.45) is 3.49. The zero-order chi connectivity index (χ0) is 15.6. The van der Waals surface area contributed by atoms with Gasteiger partial charge in [-0.05, 0) is 39.7 Å². The predicted molar refractivity (Wildman–Crippen MR) is 81.5 cm³/mol. The largest absolute Gasteiger partial charge is 0.377 e. The van der Waals surface area contributed by atoms with E-state index in [4.69, 9.17) is 10.5 Å². The first-order valence-corrected chi connectivity index (χ1v) is 8.88. The summed E-state index contributed by atoms with van der Waals surface area (Å²) in [6.45, 7) is 6.86. The van der Waals surface area contributed by atoms with Crippen LogP contribution in [0.2, 0.25) is 0 Å². The highest BCUT2D eigenvalue weighted by molar-refractivity contribution is 7.89. The summed E-state index contributed by atoms with van der Waals surface area (Å²) in [6, 6.07) is 1.58. The molecule has 0 amide bonds. The topological polar surface area (TPSA) is 86.4 Å². The number of sulfonamides is 1. The van der Waals surface area contributed by atoms with E-state index in [1.165, 1.54) is 0 Å². The van der Waals surface area contributed by atoms with Gasteiger partial charge in [-0.2, -0.15) is 0 Å². The lowest BCUT2D eigenvalue weighted by molar-refractivity contribution is 0.0902. The van der Waals surface area contributed by atoms with Gasteiger partial charge in [0.2, 0.25) is 10.0 Å². The van der Waals surface area contributed by atoms with E-state index in [-0.39, 0.29) is 23.1 Å². The highest BCUT2D eigenvalue weighted by atomic mass is 32.2. The van der Waals surface area contributed by atoms with Gasteiger partial charge in [0.15, 0.2) is 0 Å². The van der Waals surface area contributed by atoms with E-state index in [2.05, 4.69) is 4.72 Å². The average molecular weight is 315 g/mol. The summed E-state index contributed by atoms with van der Waals surface area (Å²) in [5.74, 6) is 0. The van der Waals surface area contributed by atoms with E-state index in [0.29, 0.717) is 13.2 Å². The molecule has 3 N–H and O–H groups in total. The minimum Gasteiger partial charge on any atom is -0.377 e. The van der Waals surface area contributed by atoms with Crippen molar-refractivity contribution in [1.29, 1.82) is 0 Å². The van der Waals surface area contributed by atoms with Crippen LogP contribution in [0.25, 0.3) is 0 Å². The molecule has 2 heterocycles. The van der Waals surface area contributed by atoms with Crippen molar-refractivity contribution in [2.24, 2.45) is 5.73 Å². The smallest absolute Gasteiger partial charge is 0.242 e. The highest BCUT2D eigenvalue weighted by Gasteiger charge is 2.28. The molecule has 6 nitrogen and oxygen atoms in total. The second-order valence-corrected chi connectivity index (χ2v) is 7.55. The SMILES string of the molecule is CC(NS(=O)(=O)c1cc(CN)n(C(C)C)c1)C1CCCO1. The molecule has 1 aromatic rings. The fraction of sp³-hybridized carbons (Fsp3) is 0.714. The molecule has 2 atom stereocenters. The van der Waals surface area contributed by atoms with Gasteiger partial charge in [0.1, 0.15) is 0 Å². The molecule has 21 heavy (non-hydrogen) atoms.